The molecule has 0 fully saturated rings. The number of benzene rings is 6. The van der Waals surface area contributed by atoms with Gasteiger partial charge in [0.05, 0.1) is 0 Å². The van der Waals surface area contributed by atoms with Gasteiger partial charge in [0.1, 0.15) is 0 Å². The van der Waals surface area contributed by atoms with Crippen LogP contribution >= 0.6 is 0 Å². The van der Waals surface area contributed by atoms with Crippen molar-refractivity contribution in [1.29, 1.82) is 0 Å². The molecule has 0 saturated heterocycles. The van der Waals surface area contributed by atoms with Crippen molar-refractivity contribution in [2.75, 3.05) is 0 Å². The van der Waals surface area contributed by atoms with Crippen LogP contribution in [-0.4, -0.2) is 20.1 Å². The summed E-state index contributed by atoms with van der Waals surface area (Å²) in [5, 5.41) is 15.3. The second-order valence-electron chi connectivity index (χ2n) is 10.9. The van der Waals surface area contributed by atoms with Gasteiger partial charge in [0.2, 0.25) is 0 Å². The van der Waals surface area contributed by atoms with E-state index in [1.807, 2.05) is 0 Å². The number of hydrogen-bond acceptors (Lipinski definition) is 1. The van der Waals surface area contributed by atoms with Gasteiger partial charge in [-0.1, -0.05) is 0 Å². The number of fused-ring (bicyclic) bond motifs is 3. The summed E-state index contributed by atoms with van der Waals surface area (Å²) >= 11 is 0.239. The molecule has 0 N–H and O–H groups in total. The van der Waals surface area contributed by atoms with Crippen molar-refractivity contribution < 1.29 is 4.74 Å². The fraction of sp³-hybridized carbons (Fsp3) is 0.152. The van der Waals surface area contributed by atoms with Crippen LogP contribution in [0.15, 0.2) is 72.8 Å². The van der Waals surface area contributed by atoms with E-state index >= 15 is 0 Å². The van der Waals surface area contributed by atoms with E-state index in [1.165, 1.54) is 79.1 Å². The van der Waals surface area contributed by atoms with Crippen LogP contribution < -0.4 is 4.74 Å². The molecule has 1 nitrogen and oxygen atoms in total. The Balaban J connectivity index is 1.67. The zero-order valence-corrected chi connectivity index (χ0v) is 22.0. The Morgan fingerprint density at radius 1 is 0.629 bits per heavy atom. The van der Waals surface area contributed by atoms with E-state index in [4.69, 9.17) is 4.74 Å². The Hall–Kier alpha value is -3.32. The summed E-state index contributed by atoms with van der Waals surface area (Å²) in [4.78, 5) is 0. The third kappa shape index (κ3) is 2.54. The predicted octanol–water partition coefficient (Wildman–Crippen LogP) is 9.13. The first-order valence-electron chi connectivity index (χ1n) is 12.3. The summed E-state index contributed by atoms with van der Waals surface area (Å²) in [7, 11) is 0. The molecule has 7 aromatic carbocycles. The molecule has 8 rings (SSSR count). The molecule has 0 aliphatic rings. The average molecular weight is 516 g/mol. The summed E-state index contributed by atoms with van der Waals surface area (Å²) in [5.74, 6) is 1.01. The number of ether oxygens (including phenoxy) is 1. The van der Waals surface area contributed by atoms with Crippen LogP contribution in [-0.2, 0) is 0 Å². The summed E-state index contributed by atoms with van der Waals surface area (Å²) in [5.41, 5.74) is 2.45. The van der Waals surface area contributed by atoms with Crippen LogP contribution in [0.1, 0.15) is 26.3 Å². The minimum absolute atomic E-state index is 0.239. The molecule has 8 aromatic rings. The maximum absolute atomic E-state index is 6.64. The van der Waals surface area contributed by atoms with Gasteiger partial charge in [0.15, 0.2) is 0 Å². The number of aryl methyl sites for hydroxylation is 1. The first-order valence-corrected chi connectivity index (χ1v) is 14.0. The molecular weight excluding hydrogens is 491 g/mol. The molecule has 1 heterocycles. The van der Waals surface area contributed by atoms with E-state index in [-0.39, 0.29) is 20.1 Å². The zero-order chi connectivity index (χ0) is 23.6. The van der Waals surface area contributed by atoms with E-state index in [1.54, 1.807) is 0 Å². The van der Waals surface area contributed by atoms with Crippen molar-refractivity contribution in [1.82, 2.24) is 0 Å². The zero-order valence-electron chi connectivity index (χ0n) is 20.2. The summed E-state index contributed by atoms with van der Waals surface area (Å²) in [6, 6.07) is 27.4. The van der Waals surface area contributed by atoms with Crippen LogP contribution in [0.25, 0.3) is 73.5 Å². The first-order chi connectivity index (χ1) is 16.9. The van der Waals surface area contributed by atoms with E-state index in [2.05, 4.69) is 100 Å². The predicted molar refractivity (Wildman–Crippen MR) is 153 cm³/mol. The molecule has 0 aliphatic carbocycles. The van der Waals surface area contributed by atoms with Crippen LogP contribution in [0.5, 0.6) is 5.75 Å². The Morgan fingerprint density at radius 2 is 1.31 bits per heavy atom. The van der Waals surface area contributed by atoms with Gasteiger partial charge < -0.3 is 0 Å². The molecule has 0 radical (unpaired) electrons. The van der Waals surface area contributed by atoms with Gasteiger partial charge in [0, 0.05) is 0 Å². The molecule has 0 bridgehead atoms. The maximum atomic E-state index is 6.64. The third-order valence-corrected chi connectivity index (χ3v) is 10.1. The Morgan fingerprint density at radius 3 is 2.09 bits per heavy atom. The molecule has 35 heavy (non-hydrogen) atoms. The second-order valence-corrected chi connectivity index (χ2v) is 13.1. The van der Waals surface area contributed by atoms with Gasteiger partial charge in [-0.2, -0.15) is 0 Å². The van der Waals surface area contributed by atoms with Gasteiger partial charge in [-0.25, -0.2) is 0 Å². The third-order valence-electron chi connectivity index (χ3n) is 7.54. The second kappa shape index (κ2) is 6.46. The first kappa shape index (κ1) is 19.9. The Kier molecular flexibility index (Phi) is 3.68. The minimum atomic E-state index is -0.259. The van der Waals surface area contributed by atoms with Crippen LogP contribution in [0.4, 0.5) is 0 Å². The van der Waals surface area contributed by atoms with Crippen LogP contribution in [0.2, 0.25) is 0 Å². The molecule has 2 heteroatoms. The fourth-order valence-electron chi connectivity index (χ4n) is 6.25. The summed E-state index contributed by atoms with van der Waals surface area (Å²) in [6.07, 6.45) is 0. The van der Waals surface area contributed by atoms with E-state index in [0.29, 0.717) is 0 Å². The molecule has 168 valence electrons. The number of hydrogen-bond donors (Lipinski definition) is 0. The monoisotopic (exact) mass is 516 g/mol. The van der Waals surface area contributed by atoms with E-state index in [0.717, 1.165) is 5.75 Å². The van der Waals surface area contributed by atoms with Crippen LogP contribution in [0.3, 0.4) is 0 Å². The normalized spacial score (nSPS) is 13.1. The Bertz CT molecular complexity index is 2050. The molecule has 0 saturated carbocycles. The van der Waals surface area contributed by atoms with Crippen molar-refractivity contribution in [3.05, 3.63) is 78.4 Å². The van der Waals surface area contributed by atoms with E-state index in [9.17, 15) is 0 Å². The van der Waals surface area contributed by atoms with Gasteiger partial charge in [-0.3, -0.25) is 0 Å². The van der Waals surface area contributed by atoms with Crippen molar-refractivity contribution in [3.8, 4) is 15.8 Å². The van der Waals surface area contributed by atoms with Gasteiger partial charge >= 0.3 is 210 Å². The Labute approximate surface area is 209 Å². The SMILES string of the molecule is Cc1cc2c3cc(-c4ccccc4)[se]c3c3cc(OC(C)(C)C)c4ccc5ccc1c1c5c4c3c21. The molecule has 0 spiro atoms. The van der Waals surface area contributed by atoms with Crippen molar-refractivity contribution >= 4 is 78.0 Å². The van der Waals surface area contributed by atoms with E-state index < -0.39 is 0 Å². The summed E-state index contributed by atoms with van der Waals surface area (Å²) < 4.78 is 9.60. The summed E-state index contributed by atoms with van der Waals surface area (Å²) in [6.45, 7) is 8.71. The fourth-order valence-corrected chi connectivity index (χ4v) is 8.77. The average Bonchev–Trinajstić information content (AvgIpc) is 3.44. The standard InChI is InChI=1S/C33H24OSe/c1-17-14-22-23-16-26(18-8-6-5-7-9-18)35-32(23)24-15-25(34-33(2,3)4)21-13-11-19-10-12-20(17)28-27(19)29(21)31(24)30(22)28/h5-16H,1-4H3. The van der Waals surface area contributed by atoms with Gasteiger partial charge in [0.25, 0.3) is 0 Å². The molecule has 1 aromatic heterocycles. The molecule has 0 atom stereocenters. The van der Waals surface area contributed by atoms with Gasteiger partial charge in [-0.15, -0.1) is 0 Å². The van der Waals surface area contributed by atoms with Crippen LogP contribution in [0, 0.1) is 6.92 Å². The van der Waals surface area contributed by atoms with Crippen molar-refractivity contribution in [2.45, 2.75) is 33.3 Å². The molecule has 0 unspecified atom stereocenters. The molecular formula is C33H24OSe. The quantitative estimate of drug-likeness (QED) is 0.165. The van der Waals surface area contributed by atoms with Crippen molar-refractivity contribution in [3.63, 3.8) is 0 Å². The number of rotatable bonds is 2. The topological polar surface area (TPSA) is 9.23 Å². The molecule has 0 amide bonds. The molecule has 0 aliphatic heterocycles. The van der Waals surface area contributed by atoms with Gasteiger partial charge in [-0.05, 0) is 0 Å². The van der Waals surface area contributed by atoms with Crippen molar-refractivity contribution in [2.24, 2.45) is 0 Å².